The molecule has 1 rings (SSSR count). The standard InChI is InChI=1S/C12H21N5O3/c1-3-6-16(4-2)7-5-13-11(18)9-17-8-10(12(19)20)14-15-17/h8H,3-7,9H2,1-2H3,(H,13,18)(H,19,20). The lowest BCUT2D eigenvalue weighted by Gasteiger charge is -2.19. The van der Waals surface area contributed by atoms with Crippen molar-refractivity contribution in [2.75, 3.05) is 26.2 Å². The van der Waals surface area contributed by atoms with E-state index in [1.165, 1.54) is 10.9 Å². The fourth-order valence-electron chi connectivity index (χ4n) is 1.77. The average Bonchev–Trinajstić information content (AvgIpc) is 2.86. The topological polar surface area (TPSA) is 100 Å². The molecule has 2 N–H and O–H groups in total. The second kappa shape index (κ2) is 8.26. The zero-order valence-electron chi connectivity index (χ0n) is 11.9. The third kappa shape index (κ3) is 5.35. The highest BCUT2D eigenvalue weighted by Gasteiger charge is 2.10. The van der Waals surface area contributed by atoms with Crippen LogP contribution in [0, 0.1) is 0 Å². The number of hydrogen-bond acceptors (Lipinski definition) is 5. The summed E-state index contributed by atoms with van der Waals surface area (Å²) in [6.07, 6.45) is 2.32. The summed E-state index contributed by atoms with van der Waals surface area (Å²) < 4.78 is 1.21. The van der Waals surface area contributed by atoms with Crippen LogP contribution in [0.1, 0.15) is 30.8 Å². The molecule has 1 amide bonds. The van der Waals surface area contributed by atoms with Gasteiger partial charge in [0.25, 0.3) is 0 Å². The van der Waals surface area contributed by atoms with E-state index >= 15 is 0 Å². The molecule has 0 atom stereocenters. The van der Waals surface area contributed by atoms with Gasteiger partial charge in [0, 0.05) is 13.1 Å². The zero-order chi connectivity index (χ0) is 15.0. The zero-order valence-corrected chi connectivity index (χ0v) is 11.9. The number of nitrogens with zero attached hydrogens (tertiary/aromatic N) is 4. The Bertz CT molecular complexity index is 446. The van der Waals surface area contributed by atoms with Gasteiger partial charge in [0.2, 0.25) is 5.91 Å². The molecule has 1 aromatic rings. The Morgan fingerprint density at radius 2 is 2.15 bits per heavy atom. The van der Waals surface area contributed by atoms with Crippen molar-refractivity contribution in [1.29, 1.82) is 0 Å². The molecule has 20 heavy (non-hydrogen) atoms. The molecule has 1 heterocycles. The van der Waals surface area contributed by atoms with E-state index in [2.05, 4.69) is 34.4 Å². The van der Waals surface area contributed by atoms with Gasteiger partial charge in [-0.05, 0) is 19.5 Å². The second-order valence-corrected chi connectivity index (χ2v) is 4.39. The van der Waals surface area contributed by atoms with Gasteiger partial charge >= 0.3 is 5.97 Å². The molecule has 0 saturated carbocycles. The summed E-state index contributed by atoms with van der Waals surface area (Å²) in [6, 6.07) is 0. The minimum atomic E-state index is -1.16. The quantitative estimate of drug-likeness (QED) is 0.652. The number of carboxylic acids is 1. The fraction of sp³-hybridized carbons (Fsp3) is 0.667. The number of likely N-dealkylation sites (N-methyl/N-ethyl adjacent to an activating group) is 1. The van der Waals surface area contributed by atoms with Crippen LogP contribution < -0.4 is 5.32 Å². The molecule has 0 aliphatic carbocycles. The number of aromatic carboxylic acids is 1. The van der Waals surface area contributed by atoms with Gasteiger partial charge < -0.3 is 15.3 Å². The Balaban J connectivity index is 2.30. The molecule has 8 nitrogen and oxygen atoms in total. The maximum absolute atomic E-state index is 11.7. The highest BCUT2D eigenvalue weighted by atomic mass is 16.4. The molecule has 1 aromatic heterocycles. The van der Waals surface area contributed by atoms with E-state index in [1.54, 1.807) is 0 Å². The van der Waals surface area contributed by atoms with Gasteiger partial charge in [0.1, 0.15) is 6.54 Å². The predicted molar refractivity (Wildman–Crippen MR) is 72.4 cm³/mol. The first-order valence-electron chi connectivity index (χ1n) is 6.69. The summed E-state index contributed by atoms with van der Waals surface area (Å²) in [6.45, 7) is 7.50. The number of carbonyl (C=O) groups is 2. The molecule has 0 spiro atoms. The van der Waals surface area contributed by atoms with Crippen LogP contribution in [0.3, 0.4) is 0 Å². The molecule has 0 fully saturated rings. The SMILES string of the molecule is CCCN(CC)CCNC(=O)Cn1cc(C(=O)O)nn1. The highest BCUT2D eigenvalue weighted by molar-refractivity contribution is 5.84. The van der Waals surface area contributed by atoms with E-state index in [9.17, 15) is 9.59 Å². The van der Waals surface area contributed by atoms with E-state index in [0.717, 1.165) is 26.1 Å². The van der Waals surface area contributed by atoms with Crippen molar-refractivity contribution in [3.05, 3.63) is 11.9 Å². The molecule has 0 aromatic carbocycles. The molecular formula is C12H21N5O3. The molecule has 0 aliphatic heterocycles. The van der Waals surface area contributed by atoms with E-state index < -0.39 is 5.97 Å². The molecule has 0 aliphatic rings. The molecule has 0 bridgehead atoms. The van der Waals surface area contributed by atoms with Crippen LogP contribution in [-0.4, -0.2) is 63.1 Å². The van der Waals surface area contributed by atoms with E-state index in [4.69, 9.17) is 5.11 Å². The third-order valence-corrected chi connectivity index (χ3v) is 2.80. The summed E-state index contributed by atoms with van der Waals surface area (Å²) in [5.74, 6) is -1.37. The Morgan fingerprint density at radius 1 is 1.40 bits per heavy atom. The summed E-state index contributed by atoms with van der Waals surface area (Å²) in [5.41, 5.74) is -0.169. The lowest BCUT2D eigenvalue weighted by molar-refractivity contribution is -0.121. The molecule has 0 saturated heterocycles. The first-order chi connectivity index (χ1) is 9.56. The van der Waals surface area contributed by atoms with Crippen molar-refractivity contribution >= 4 is 11.9 Å². The van der Waals surface area contributed by atoms with Gasteiger partial charge in [-0.15, -0.1) is 5.10 Å². The first-order valence-corrected chi connectivity index (χ1v) is 6.69. The normalized spacial score (nSPS) is 10.8. The van der Waals surface area contributed by atoms with E-state index in [0.29, 0.717) is 6.54 Å². The average molecular weight is 283 g/mol. The molecular weight excluding hydrogens is 262 g/mol. The summed E-state index contributed by atoms with van der Waals surface area (Å²) in [7, 11) is 0. The number of nitrogens with one attached hydrogen (secondary N) is 1. The summed E-state index contributed by atoms with van der Waals surface area (Å²) in [4.78, 5) is 24.5. The minimum Gasteiger partial charge on any atom is -0.476 e. The van der Waals surface area contributed by atoms with Gasteiger partial charge in [0.05, 0.1) is 6.20 Å². The summed E-state index contributed by atoms with van der Waals surface area (Å²) >= 11 is 0. The van der Waals surface area contributed by atoms with Gasteiger partial charge in [-0.3, -0.25) is 4.79 Å². The number of amides is 1. The van der Waals surface area contributed by atoms with Crippen molar-refractivity contribution in [3.8, 4) is 0 Å². The smallest absolute Gasteiger partial charge is 0.358 e. The second-order valence-electron chi connectivity index (χ2n) is 4.39. The Hall–Kier alpha value is -1.96. The van der Waals surface area contributed by atoms with Crippen LogP contribution in [0.5, 0.6) is 0 Å². The van der Waals surface area contributed by atoms with Gasteiger partial charge in [0.15, 0.2) is 5.69 Å². The number of hydrogen-bond donors (Lipinski definition) is 2. The number of carbonyl (C=O) groups excluding carboxylic acids is 1. The van der Waals surface area contributed by atoms with Crippen molar-refractivity contribution in [1.82, 2.24) is 25.2 Å². The van der Waals surface area contributed by atoms with Crippen LogP contribution in [-0.2, 0) is 11.3 Å². The van der Waals surface area contributed by atoms with Gasteiger partial charge in [-0.2, -0.15) is 0 Å². The lowest BCUT2D eigenvalue weighted by Crippen LogP contribution is -2.36. The maximum Gasteiger partial charge on any atom is 0.358 e. The fourth-order valence-corrected chi connectivity index (χ4v) is 1.77. The number of rotatable bonds is 9. The Kier molecular flexibility index (Phi) is 6.65. The van der Waals surface area contributed by atoms with E-state index in [1.807, 2.05) is 0 Å². The third-order valence-electron chi connectivity index (χ3n) is 2.80. The van der Waals surface area contributed by atoms with Crippen molar-refractivity contribution < 1.29 is 14.7 Å². The largest absolute Gasteiger partial charge is 0.476 e. The molecule has 0 unspecified atom stereocenters. The predicted octanol–water partition coefficient (Wildman–Crippen LogP) is -0.176. The van der Waals surface area contributed by atoms with Crippen molar-refractivity contribution in [3.63, 3.8) is 0 Å². The molecule has 112 valence electrons. The Morgan fingerprint density at radius 3 is 2.70 bits per heavy atom. The molecule has 8 heteroatoms. The van der Waals surface area contributed by atoms with E-state index in [-0.39, 0.29) is 18.1 Å². The van der Waals surface area contributed by atoms with Crippen LogP contribution >= 0.6 is 0 Å². The highest BCUT2D eigenvalue weighted by Crippen LogP contribution is 1.93. The lowest BCUT2D eigenvalue weighted by atomic mass is 10.4. The minimum absolute atomic E-state index is 0.0276. The number of aromatic nitrogens is 3. The summed E-state index contributed by atoms with van der Waals surface area (Å²) in [5, 5.41) is 18.5. The monoisotopic (exact) mass is 283 g/mol. The van der Waals surface area contributed by atoms with Crippen molar-refractivity contribution in [2.45, 2.75) is 26.8 Å². The molecule has 0 radical (unpaired) electrons. The van der Waals surface area contributed by atoms with Crippen molar-refractivity contribution in [2.24, 2.45) is 0 Å². The van der Waals surface area contributed by atoms with Gasteiger partial charge in [-0.1, -0.05) is 19.1 Å². The van der Waals surface area contributed by atoms with Crippen LogP contribution in [0.25, 0.3) is 0 Å². The van der Waals surface area contributed by atoms with Gasteiger partial charge in [-0.25, -0.2) is 9.48 Å². The first kappa shape index (κ1) is 16.1. The van der Waals surface area contributed by atoms with Crippen LogP contribution in [0.15, 0.2) is 6.20 Å². The van der Waals surface area contributed by atoms with Crippen LogP contribution in [0.4, 0.5) is 0 Å². The maximum atomic E-state index is 11.7. The van der Waals surface area contributed by atoms with Crippen LogP contribution in [0.2, 0.25) is 0 Å². The Labute approximate surface area is 117 Å². The number of carboxylic acid groups (broad SMARTS) is 1.